The van der Waals surface area contributed by atoms with Crippen molar-refractivity contribution in [1.82, 2.24) is 0 Å². The lowest BCUT2D eigenvalue weighted by molar-refractivity contribution is -0.142. The average molecular weight is 371 g/mol. The van der Waals surface area contributed by atoms with Crippen LogP contribution in [0.15, 0.2) is 12.2 Å². The summed E-state index contributed by atoms with van der Waals surface area (Å²) in [6, 6.07) is 0. The maximum Gasteiger partial charge on any atom is 0.133 e. The number of ether oxygens (including phenoxy) is 1. The van der Waals surface area contributed by atoms with E-state index in [1.165, 1.54) is 44.1 Å². The van der Waals surface area contributed by atoms with Crippen LogP contribution >= 0.6 is 0 Å². The Balaban J connectivity index is 1.56. The Morgan fingerprint density at radius 2 is 1.85 bits per heavy atom. The average Bonchev–Trinajstić information content (AvgIpc) is 3.26. The standard InChI is InChI=1S/C25H38O2/c1-6-14(2)18-12-25(5)19(15(3)26)9-10-20(25)17-8-7-16-11-21-22(27-21)13-24(16,4)23(17)18/h16-23H,2,6-13H2,1,3-5H3/t16?,17-,18+,19+,20?,21-,22+,23?,24-,25+/m0/s1. The van der Waals surface area contributed by atoms with Crippen molar-refractivity contribution in [2.24, 2.45) is 46.3 Å². The highest BCUT2D eigenvalue weighted by atomic mass is 16.6. The Hall–Kier alpha value is -0.630. The molecule has 1 aliphatic heterocycles. The van der Waals surface area contributed by atoms with Crippen molar-refractivity contribution in [2.45, 2.75) is 91.3 Å². The van der Waals surface area contributed by atoms with E-state index in [2.05, 4.69) is 27.4 Å². The molecule has 0 aromatic carbocycles. The topological polar surface area (TPSA) is 29.6 Å². The summed E-state index contributed by atoms with van der Waals surface area (Å²) in [7, 11) is 0. The number of epoxide rings is 1. The minimum absolute atomic E-state index is 0.201. The first kappa shape index (κ1) is 18.4. The third-order valence-corrected chi connectivity index (χ3v) is 10.3. The van der Waals surface area contributed by atoms with E-state index in [-0.39, 0.29) is 11.3 Å². The van der Waals surface area contributed by atoms with Gasteiger partial charge in [-0.05, 0) is 98.7 Å². The molecule has 0 radical (unpaired) electrons. The predicted molar refractivity (Wildman–Crippen MR) is 108 cm³/mol. The lowest BCUT2D eigenvalue weighted by Gasteiger charge is -2.63. The molecule has 5 rings (SSSR count). The van der Waals surface area contributed by atoms with E-state index < -0.39 is 0 Å². The monoisotopic (exact) mass is 370 g/mol. The van der Waals surface area contributed by atoms with Gasteiger partial charge in [0.1, 0.15) is 5.78 Å². The summed E-state index contributed by atoms with van der Waals surface area (Å²) in [6.45, 7) is 13.8. The minimum Gasteiger partial charge on any atom is -0.370 e. The summed E-state index contributed by atoms with van der Waals surface area (Å²) in [6.07, 6.45) is 11.1. The molecule has 5 fully saturated rings. The van der Waals surface area contributed by atoms with E-state index in [1.54, 1.807) is 0 Å². The Labute approximate surface area is 165 Å². The van der Waals surface area contributed by atoms with E-state index in [4.69, 9.17) is 4.74 Å². The third-order valence-electron chi connectivity index (χ3n) is 10.3. The van der Waals surface area contributed by atoms with Gasteiger partial charge in [0.2, 0.25) is 0 Å². The van der Waals surface area contributed by atoms with Crippen LogP contribution in [0, 0.1) is 46.3 Å². The fraction of sp³-hybridized carbons (Fsp3) is 0.880. The fourth-order valence-electron chi connectivity index (χ4n) is 9.03. The zero-order valence-electron chi connectivity index (χ0n) is 17.8. The highest BCUT2D eigenvalue weighted by Gasteiger charge is 2.66. The molecule has 1 heterocycles. The van der Waals surface area contributed by atoms with Crippen LogP contribution < -0.4 is 0 Å². The first-order valence-corrected chi connectivity index (χ1v) is 11.6. The number of carbonyl (C=O) groups excluding carboxylic acids is 1. The van der Waals surface area contributed by atoms with E-state index in [9.17, 15) is 4.79 Å². The van der Waals surface area contributed by atoms with Crippen LogP contribution in [0.3, 0.4) is 0 Å². The maximum absolute atomic E-state index is 12.5. The largest absolute Gasteiger partial charge is 0.370 e. The number of carbonyl (C=O) groups is 1. The van der Waals surface area contributed by atoms with Gasteiger partial charge in [-0.2, -0.15) is 0 Å². The van der Waals surface area contributed by atoms with Crippen LogP contribution in [-0.4, -0.2) is 18.0 Å². The summed E-state index contributed by atoms with van der Waals surface area (Å²) >= 11 is 0. The smallest absolute Gasteiger partial charge is 0.133 e. The summed E-state index contributed by atoms with van der Waals surface area (Å²) in [5.41, 5.74) is 2.07. The molecule has 0 aromatic rings. The number of allylic oxidation sites excluding steroid dienone is 1. The van der Waals surface area contributed by atoms with Crippen molar-refractivity contribution >= 4 is 5.78 Å². The molecule has 4 saturated carbocycles. The van der Waals surface area contributed by atoms with Gasteiger partial charge in [0, 0.05) is 5.92 Å². The van der Waals surface area contributed by atoms with Gasteiger partial charge >= 0.3 is 0 Å². The van der Waals surface area contributed by atoms with E-state index in [0.29, 0.717) is 29.3 Å². The number of Topliss-reactive ketones (excluding diaryl/α,β-unsaturated/α-hetero) is 1. The Kier molecular flexibility index (Phi) is 4.05. The molecule has 0 bridgehead atoms. The minimum atomic E-state index is 0.201. The van der Waals surface area contributed by atoms with E-state index in [0.717, 1.165) is 36.5 Å². The van der Waals surface area contributed by atoms with Crippen molar-refractivity contribution in [2.75, 3.05) is 0 Å². The van der Waals surface area contributed by atoms with Crippen LogP contribution in [0.1, 0.15) is 79.1 Å². The van der Waals surface area contributed by atoms with Gasteiger partial charge in [-0.1, -0.05) is 32.9 Å². The highest BCUT2D eigenvalue weighted by Crippen LogP contribution is 2.71. The molecule has 0 N–H and O–H groups in total. The highest BCUT2D eigenvalue weighted by molar-refractivity contribution is 5.79. The van der Waals surface area contributed by atoms with Crippen molar-refractivity contribution < 1.29 is 9.53 Å². The molecule has 150 valence electrons. The second-order valence-corrected chi connectivity index (χ2v) is 11.3. The van der Waals surface area contributed by atoms with Crippen molar-refractivity contribution in [3.63, 3.8) is 0 Å². The van der Waals surface area contributed by atoms with Gasteiger partial charge in [-0.15, -0.1) is 0 Å². The van der Waals surface area contributed by atoms with E-state index >= 15 is 0 Å². The lowest BCUT2D eigenvalue weighted by atomic mass is 9.41. The molecule has 0 spiro atoms. The molecule has 2 nitrogen and oxygen atoms in total. The molecule has 4 aliphatic carbocycles. The molecule has 10 atom stereocenters. The number of ketones is 1. The lowest BCUT2D eigenvalue weighted by Crippen LogP contribution is -2.57. The van der Waals surface area contributed by atoms with Gasteiger partial charge in [-0.25, -0.2) is 0 Å². The second-order valence-electron chi connectivity index (χ2n) is 11.3. The summed E-state index contributed by atoms with van der Waals surface area (Å²) < 4.78 is 6.02. The van der Waals surface area contributed by atoms with Crippen LogP contribution in [0.25, 0.3) is 0 Å². The number of rotatable bonds is 3. The molecule has 1 saturated heterocycles. The van der Waals surface area contributed by atoms with Crippen molar-refractivity contribution in [1.29, 1.82) is 0 Å². The first-order valence-electron chi connectivity index (χ1n) is 11.6. The second kappa shape index (κ2) is 5.94. The van der Waals surface area contributed by atoms with E-state index in [1.807, 2.05) is 6.92 Å². The molecule has 27 heavy (non-hydrogen) atoms. The van der Waals surface area contributed by atoms with Gasteiger partial charge in [-0.3, -0.25) is 4.79 Å². The van der Waals surface area contributed by atoms with Crippen LogP contribution in [-0.2, 0) is 9.53 Å². The third kappa shape index (κ3) is 2.44. The molecular formula is C25H38O2. The summed E-state index contributed by atoms with van der Waals surface area (Å²) in [5.74, 6) is 4.45. The zero-order valence-corrected chi connectivity index (χ0v) is 17.8. The van der Waals surface area contributed by atoms with Gasteiger partial charge in [0.15, 0.2) is 0 Å². The molecule has 2 heteroatoms. The molecular weight excluding hydrogens is 332 g/mol. The van der Waals surface area contributed by atoms with Crippen LogP contribution in [0.5, 0.6) is 0 Å². The van der Waals surface area contributed by atoms with Crippen LogP contribution in [0.4, 0.5) is 0 Å². The number of hydrogen-bond acceptors (Lipinski definition) is 2. The molecule has 0 aromatic heterocycles. The molecule has 3 unspecified atom stereocenters. The Bertz CT molecular complexity index is 667. The summed E-state index contributed by atoms with van der Waals surface area (Å²) in [4.78, 5) is 12.5. The van der Waals surface area contributed by atoms with Crippen molar-refractivity contribution in [3.8, 4) is 0 Å². The van der Waals surface area contributed by atoms with Gasteiger partial charge < -0.3 is 4.74 Å². The number of hydrogen-bond donors (Lipinski definition) is 0. The Morgan fingerprint density at radius 1 is 1.07 bits per heavy atom. The predicted octanol–water partition coefficient (Wildman–Crippen LogP) is 5.80. The van der Waals surface area contributed by atoms with Crippen molar-refractivity contribution in [3.05, 3.63) is 12.2 Å². The van der Waals surface area contributed by atoms with Crippen LogP contribution in [0.2, 0.25) is 0 Å². The first-order chi connectivity index (χ1) is 12.8. The summed E-state index contributed by atoms with van der Waals surface area (Å²) in [5, 5.41) is 0. The van der Waals surface area contributed by atoms with Gasteiger partial charge in [0.25, 0.3) is 0 Å². The quantitative estimate of drug-likeness (QED) is 0.464. The maximum atomic E-state index is 12.5. The van der Waals surface area contributed by atoms with Gasteiger partial charge in [0.05, 0.1) is 12.2 Å². The Morgan fingerprint density at radius 3 is 2.56 bits per heavy atom. The number of fused-ring (bicyclic) bond motifs is 6. The normalized spacial score (nSPS) is 55.7. The molecule has 0 amide bonds. The SMILES string of the molecule is C=C(CC)[C@H]1C[C@@]2(C)C(CC[C@@H]2C(C)=O)[C@@H]2CCC3C[C@@H]4O[C@@H]4C[C@]3(C)C21. The zero-order chi connectivity index (χ0) is 19.1. The fourth-order valence-corrected chi connectivity index (χ4v) is 9.03. The molecule has 5 aliphatic rings.